The summed E-state index contributed by atoms with van der Waals surface area (Å²) in [6, 6.07) is 8.34. The van der Waals surface area contributed by atoms with E-state index in [2.05, 4.69) is 9.97 Å². The minimum absolute atomic E-state index is 0.216. The third kappa shape index (κ3) is 2.94. The van der Waals surface area contributed by atoms with Gasteiger partial charge in [-0.05, 0) is 30.3 Å². The van der Waals surface area contributed by atoms with Crippen LogP contribution in [-0.2, 0) is 9.73 Å². The Hall–Kier alpha value is -1.72. The summed E-state index contributed by atoms with van der Waals surface area (Å²) in [6.45, 7) is 0. The minimum Gasteiger partial charge on any atom is -0.255 e. The molecule has 2 aromatic heterocycles. The molecule has 1 atom stereocenters. The van der Waals surface area contributed by atoms with E-state index in [0.717, 1.165) is 0 Å². The Morgan fingerprint density at radius 2 is 1.94 bits per heavy atom. The van der Waals surface area contributed by atoms with Crippen molar-refractivity contribution in [1.29, 1.82) is 4.78 Å². The van der Waals surface area contributed by atoms with Crippen molar-refractivity contribution in [2.75, 3.05) is 0 Å². The maximum atomic E-state index is 12.1. The average Bonchev–Trinajstić information content (AvgIpc) is 2.39. The predicted octanol–water partition coefficient (Wildman–Crippen LogP) is 3.21. The van der Waals surface area contributed by atoms with Crippen LogP contribution in [0.2, 0.25) is 5.02 Å². The molecule has 0 fully saturated rings. The first-order valence-corrected chi connectivity index (χ1v) is 7.08. The van der Waals surface area contributed by atoms with Crippen LogP contribution in [0.15, 0.2) is 53.2 Å². The highest BCUT2D eigenvalue weighted by Crippen LogP contribution is 2.16. The van der Waals surface area contributed by atoms with Gasteiger partial charge in [-0.1, -0.05) is 17.7 Å². The highest BCUT2D eigenvalue weighted by atomic mass is 35.5. The summed E-state index contributed by atoms with van der Waals surface area (Å²) in [5, 5.41) is 1.93. The van der Waals surface area contributed by atoms with Gasteiger partial charge in [0.05, 0.1) is 10.7 Å². The number of pyridine rings is 2. The Balaban J connectivity index is 2.32. The first-order chi connectivity index (χ1) is 8.59. The molecule has 2 heterocycles. The van der Waals surface area contributed by atoms with Gasteiger partial charge >= 0.3 is 0 Å². The molecular weight excluding hydrogens is 270 g/mol. The Morgan fingerprint density at radius 1 is 1.17 bits per heavy atom. The third-order valence-electron chi connectivity index (χ3n) is 2.15. The molecule has 18 heavy (non-hydrogen) atoms. The lowest BCUT2D eigenvalue weighted by atomic mass is 10.3. The van der Waals surface area contributed by atoms with Gasteiger partial charge in [-0.3, -0.25) is 4.98 Å². The Labute approximate surface area is 110 Å². The fourth-order valence-electron chi connectivity index (χ4n) is 1.28. The zero-order chi connectivity index (χ0) is 13.0. The van der Waals surface area contributed by atoms with Crippen LogP contribution in [0.3, 0.4) is 0 Å². The minimum atomic E-state index is -3.07. The summed E-state index contributed by atoms with van der Waals surface area (Å²) in [4.78, 5) is 7.94. The second-order valence-electron chi connectivity index (χ2n) is 3.44. The molecule has 2 aromatic rings. The summed E-state index contributed by atoms with van der Waals surface area (Å²) >= 11 is 5.92. The van der Waals surface area contributed by atoms with Crippen LogP contribution in [0, 0.1) is 4.78 Å². The fourth-order valence-corrected chi connectivity index (χ4v) is 2.42. The SMILES string of the molecule is N=S(=O)(/C=C/c1ncccc1Cl)c1ccccn1. The van der Waals surface area contributed by atoms with Gasteiger partial charge in [0.2, 0.25) is 0 Å². The summed E-state index contributed by atoms with van der Waals surface area (Å²) in [5.74, 6) is 0. The topological polar surface area (TPSA) is 66.7 Å². The van der Waals surface area contributed by atoms with Crippen molar-refractivity contribution in [1.82, 2.24) is 9.97 Å². The average molecular weight is 280 g/mol. The molecule has 0 spiro atoms. The fraction of sp³-hybridized carbons (Fsp3) is 0. The van der Waals surface area contributed by atoms with E-state index in [1.54, 1.807) is 36.5 Å². The molecule has 0 aliphatic carbocycles. The first kappa shape index (κ1) is 12.7. The van der Waals surface area contributed by atoms with Gasteiger partial charge in [0, 0.05) is 17.8 Å². The molecule has 0 aliphatic heterocycles. The van der Waals surface area contributed by atoms with Crippen molar-refractivity contribution < 1.29 is 4.21 Å². The number of nitrogens with zero attached hydrogens (tertiary/aromatic N) is 2. The molecule has 0 radical (unpaired) electrons. The van der Waals surface area contributed by atoms with Crippen LogP contribution in [-0.4, -0.2) is 14.2 Å². The van der Waals surface area contributed by atoms with Gasteiger partial charge in [0.15, 0.2) is 0 Å². The van der Waals surface area contributed by atoms with Crippen molar-refractivity contribution in [3.05, 3.63) is 58.9 Å². The molecule has 0 aliphatic rings. The zero-order valence-electron chi connectivity index (χ0n) is 9.29. The highest BCUT2D eigenvalue weighted by Gasteiger charge is 2.07. The Kier molecular flexibility index (Phi) is 3.74. The van der Waals surface area contributed by atoms with Crippen LogP contribution in [0.1, 0.15) is 5.69 Å². The maximum absolute atomic E-state index is 12.1. The molecule has 4 nitrogen and oxygen atoms in total. The standard InChI is InChI=1S/C12H10ClN3OS/c13-10-4-3-8-15-11(10)6-9-18(14,17)12-5-1-2-7-16-12/h1-9,14H/b9-6+. The van der Waals surface area contributed by atoms with Crippen LogP contribution in [0.4, 0.5) is 0 Å². The van der Waals surface area contributed by atoms with Gasteiger partial charge in [0.1, 0.15) is 14.8 Å². The Bertz CT molecular complexity index is 669. The third-order valence-corrected chi connectivity index (χ3v) is 3.85. The molecule has 0 amide bonds. The normalized spacial score (nSPS) is 14.5. The van der Waals surface area contributed by atoms with E-state index >= 15 is 0 Å². The molecular formula is C12H10ClN3OS. The zero-order valence-corrected chi connectivity index (χ0v) is 10.9. The summed E-state index contributed by atoms with van der Waals surface area (Å²) < 4.78 is 19.9. The molecule has 0 saturated carbocycles. The molecule has 0 saturated heterocycles. The van der Waals surface area contributed by atoms with Gasteiger partial charge in [-0.2, -0.15) is 0 Å². The van der Waals surface area contributed by atoms with Crippen LogP contribution in [0.25, 0.3) is 6.08 Å². The van der Waals surface area contributed by atoms with E-state index in [9.17, 15) is 4.21 Å². The second-order valence-corrected chi connectivity index (χ2v) is 5.74. The van der Waals surface area contributed by atoms with Crippen molar-refractivity contribution in [3.63, 3.8) is 0 Å². The first-order valence-electron chi connectivity index (χ1n) is 5.08. The summed E-state index contributed by atoms with van der Waals surface area (Å²) in [7, 11) is -3.07. The lowest BCUT2D eigenvalue weighted by Crippen LogP contribution is -1.96. The number of halogens is 1. The largest absolute Gasteiger partial charge is 0.255 e. The number of hydrogen-bond acceptors (Lipinski definition) is 4. The molecule has 0 bridgehead atoms. The van der Waals surface area contributed by atoms with Gasteiger partial charge < -0.3 is 0 Å². The van der Waals surface area contributed by atoms with E-state index < -0.39 is 9.73 Å². The quantitative estimate of drug-likeness (QED) is 0.938. The molecule has 1 N–H and O–H groups in total. The van der Waals surface area contributed by atoms with Gasteiger partial charge in [-0.15, -0.1) is 0 Å². The number of hydrogen-bond donors (Lipinski definition) is 1. The van der Waals surface area contributed by atoms with Gasteiger partial charge in [-0.25, -0.2) is 14.0 Å². The van der Waals surface area contributed by atoms with Crippen molar-refractivity contribution in [2.45, 2.75) is 5.03 Å². The monoisotopic (exact) mass is 279 g/mol. The molecule has 1 unspecified atom stereocenters. The predicted molar refractivity (Wildman–Crippen MR) is 71.6 cm³/mol. The van der Waals surface area contributed by atoms with Crippen LogP contribution >= 0.6 is 11.6 Å². The van der Waals surface area contributed by atoms with E-state index in [0.29, 0.717) is 10.7 Å². The molecule has 0 aromatic carbocycles. The number of rotatable bonds is 3. The summed E-state index contributed by atoms with van der Waals surface area (Å²) in [6.07, 6.45) is 4.57. The number of aromatic nitrogens is 2. The van der Waals surface area contributed by atoms with Crippen molar-refractivity contribution in [3.8, 4) is 0 Å². The molecule has 92 valence electrons. The Morgan fingerprint density at radius 3 is 2.61 bits per heavy atom. The van der Waals surface area contributed by atoms with E-state index in [1.165, 1.54) is 17.7 Å². The van der Waals surface area contributed by atoms with E-state index in [-0.39, 0.29) is 5.03 Å². The van der Waals surface area contributed by atoms with Crippen molar-refractivity contribution in [2.24, 2.45) is 0 Å². The summed E-state index contributed by atoms with van der Waals surface area (Å²) in [5.41, 5.74) is 0.482. The van der Waals surface area contributed by atoms with Crippen LogP contribution in [0.5, 0.6) is 0 Å². The highest BCUT2D eigenvalue weighted by molar-refractivity contribution is 7.95. The smallest absolute Gasteiger partial charge is 0.139 e. The maximum Gasteiger partial charge on any atom is 0.139 e. The van der Waals surface area contributed by atoms with Crippen LogP contribution < -0.4 is 0 Å². The van der Waals surface area contributed by atoms with E-state index in [1.807, 2.05) is 0 Å². The second kappa shape index (κ2) is 5.29. The van der Waals surface area contributed by atoms with Gasteiger partial charge in [0.25, 0.3) is 0 Å². The number of nitrogens with one attached hydrogen (secondary N) is 1. The van der Waals surface area contributed by atoms with Crippen molar-refractivity contribution >= 4 is 27.4 Å². The lowest BCUT2D eigenvalue weighted by molar-refractivity contribution is 0.678. The molecule has 6 heteroatoms. The molecule has 2 rings (SSSR count). The van der Waals surface area contributed by atoms with E-state index in [4.69, 9.17) is 16.4 Å². The lowest BCUT2D eigenvalue weighted by Gasteiger charge is -2.00.